The Kier molecular flexibility index (Phi) is 2.08. The lowest BCUT2D eigenvalue weighted by atomic mass is 10.2. The van der Waals surface area contributed by atoms with Crippen molar-refractivity contribution in [2.45, 2.75) is 20.3 Å². The van der Waals surface area contributed by atoms with E-state index in [1.807, 2.05) is 22.7 Å². The van der Waals surface area contributed by atoms with Crippen LogP contribution in [0.15, 0.2) is 24.3 Å². The van der Waals surface area contributed by atoms with Gasteiger partial charge in [-0.05, 0) is 36.2 Å². The maximum Gasteiger partial charge on any atom is 0.0524 e. The molecule has 2 heteroatoms. The molecule has 0 atom stereocenters. The third kappa shape index (κ3) is 1.40. The molecule has 0 fully saturated rings. The Hall–Kier alpha value is -0.860. The summed E-state index contributed by atoms with van der Waals surface area (Å²) < 4.78 is 2.94. The maximum atomic E-state index is 2.33. The summed E-state index contributed by atoms with van der Waals surface area (Å²) in [7, 11) is 0. The average Bonchev–Trinajstić information content (AvgIpc) is 2.78. The Labute approximate surface area is 97.2 Å². The highest BCUT2D eigenvalue weighted by atomic mass is 32.1. The van der Waals surface area contributed by atoms with Gasteiger partial charge in [0.2, 0.25) is 0 Å². The zero-order chi connectivity index (χ0) is 10.4. The Morgan fingerprint density at radius 3 is 2.40 bits per heavy atom. The molecule has 0 amide bonds. The molecular formula is C13H12S2. The minimum atomic E-state index is 1.14. The van der Waals surface area contributed by atoms with E-state index in [0.717, 1.165) is 6.42 Å². The van der Waals surface area contributed by atoms with Gasteiger partial charge in [-0.1, -0.05) is 19.1 Å². The number of aryl methyl sites for hydroxylation is 2. The first-order valence-corrected chi connectivity index (χ1v) is 6.83. The predicted octanol–water partition coefficient (Wildman–Crippen LogP) is 4.99. The van der Waals surface area contributed by atoms with Crippen molar-refractivity contribution < 1.29 is 0 Å². The van der Waals surface area contributed by atoms with Crippen molar-refractivity contribution in [1.82, 2.24) is 0 Å². The van der Waals surface area contributed by atoms with Crippen molar-refractivity contribution in [2.75, 3.05) is 0 Å². The molecule has 0 radical (unpaired) electrons. The van der Waals surface area contributed by atoms with Gasteiger partial charge in [-0.15, -0.1) is 22.7 Å². The van der Waals surface area contributed by atoms with Gasteiger partial charge >= 0.3 is 0 Å². The molecule has 0 bridgehead atoms. The topological polar surface area (TPSA) is 0 Å². The van der Waals surface area contributed by atoms with E-state index in [1.165, 1.54) is 29.9 Å². The second-order valence-electron chi connectivity index (χ2n) is 3.83. The molecule has 0 aliphatic heterocycles. The second-order valence-corrected chi connectivity index (χ2v) is 6.22. The lowest BCUT2D eigenvalue weighted by molar-refractivity contribution is 1.19. The molecule has 3 rings (SSSR count). The van der Waals surface area contributed by atoms with Crippen molar-refractivity contribution in [1.29, 1.82) is 0 Å². The van der Waals surface area contributed by atoms with Crippen LogP contribution in [-0.4, -0.2) is 0 Å². The Bertz CT molecular complexity index is 628. The van der Waals surface area contributed by atoms with Crippen LogP contribution in [0.5, 0.6) is 0 Å². The van der Waals surface area contributed by atoms with Gasteiger partial charge in [0.1, 0.15) is 0 Å². The molecule has 2 heterocycles. The van der Waals surface area contributed by atoms with Crippen LogP contribution in [0, 0.1) is 6.92 Å². The summed E-state index contributed by atoms with van der Waals surface area (Å²) in [5.74, 6) is 0. The quantitative estimate of drug-likeness (QED) is 0.554. The fourth-order valence-corrected chi connectivity index (χ4v) is 4.21. The van der Waals surface area contributed by atoms with E-state index in [4.69, 9.17) is 0 Å². The van der Waals surface area contributed by atoms with Crippen LogP contribution in [0.2, 0.25) is 0 Å². The van der Waals surface area contributed by atoms with Gasteiger partial charge in [-0.25, -0.2) is 0 Å². The molecule has 0 spiro atoms. The highest BCUT2D eigenvalue weighted by Gasteiger charge is 2.06. The lowest BCUT2D eigenvalue weighted by Crippen LogP contribution is -1.64. The molecule has 3 aromatic rings. The van der Waals surface area contributed by atoms with Crippen LogP contribution in [0.1, 0.15) is 16.7 Å². The van der Waals surface area contributed by atoms with Crippen LogP contribution in [0.3, 0.4) is 0 Å². The third-order valence-electron chi connectivity index (χ3n) is 2.69. The summed E-state index contributed by atoms with van der Waals surface area (Å²) in [6.45, 7) is 4.41. The number of rotatable bonds is 1. The molecule has 76 valence electrons. The summed E-state index contributed by atoms with van der Waals surface area (Å²) in [6, 6.07) is 9.10. The number of thiophene rings is 2. The van der Waals surface area contributed by atoms with Crippen molar-refractivity contribution in [3.05, 3.63) is 34.0 Å². The number of hydrogen-bond donors (Lipinski definition) is 0. The summed E-state index contributed by atoms with van der Waals surface area (Å²) >= 11 is 3.87. The number of fused-ring (bicyclic) bond motifs is 3. The van der Waals surface area contributed by atoms with E-state index in [1.54, 1.807) is 0 Å². The van der Waals surface area contributed by atoms with Gasteiger partial charge in [-0.3, -0.25) is 0 Å². The molecular weight excluding hydrogens is 220 g/mol. The average molecular weight is 232 g/mol. The largest absolute Gasteiger partial charge is 0.139 e. The first-order valence-electron chi connectivity index (χ1n) is 5.19. The fourth-order valence-electron chi connectivity index (χ4n) is 1.95. The normalized spacial score (nSPS) is 11.6. The van der Waals surface area contributed by atoms with Crippen LogP contribution in [0.4, 0.5) is 0 Å². The first-order chi connectivity index (χ1) is 7.28. The number of hydrogen-bond acceptors (Lipinski definition) is 2. The molecule has 0 saturated carbocycles. The van der Waals surface area contributed by atoms with Crippen LogP contribution >= 0.6 is 22.7 Å². The van der Waals surface area contributed by atoms with E-state index >= 15 is 0 Å². The summed E-state index contributed by atoms with van der Waals surface area (Å²) in [5.41, 5.74) is 0. The van der Waals surface area contributed by atoms with Crippen molar-refractivity contribution in [2.24, 2.45) is 0 Å². The monoisotopic (exact) mass is 232 g/mol. The SMILES string of the molecule is CCc1cc2ccc3cc(C)sc3c2s1. The van der Waals surface area contributed by atoms with E-state index in [0.29, 0.717) is 0 Å². The Balaban J connectivity index is 2.46. The summed E-state index contributed by atoms with van der Waals surface area (Å²) in [6.07, 6.45) is 1.14. The maximum absolute atomic E-state index is 2.33. The van der Waals surface area contributed by atoms with E-state index < -0.39 is 0 Å². The van der Waals surface area contributed by atoms with E-state index in [9.17, 15) is 0 Å². The van der Waals surface area contributed by atoms with Crippen LogP contribution in [0.25, 0.3) is 20.2 Å². The van der Waals surface area contributed by atoms with Gasteiger partial charge in [0, 0.05) is 9.75 Å². The van der Waals surface area contributed by atoms with E-state index in [-0.39, 0.29) is 0 Å². The molecule has 0 unspecified atom stereocenters. The standard InChI is InChI=1S/C13H12S2/c1-3-11-7-10-5-4-9-6-8(2)14-12(9)13(10)15-11/h4-7H,3H2,1-2H3. The van der Waals surface area contributed by atoms with Crippen LogP contribution in [-0.2, 0) is 6.42 Å². The van der Waals surface area contributed by atoms with Crippen molar-refractivity contribution in [3.8, 4) is 0 Å². The van der Waals surface area contributed by atoms with Gasteiger partial charge in [0.15, 0.2) is 0 Å². The minimum absolute atomic E-state index is 1.14. The third-order valence-corrected chi connectivity index (χ3v) is 5.22. The Morgan fingerprint density at radius 2 is 1.67 bits per heavy atom. The van der Waals surface area contributed by atoms with Gasteiger partial charge < -0.3 is 0 Å². The molecule has 15 heavy (non-hydrogen) atoms. The molecule has 1 aromatic carbocycles. The van der Waals surface area contributed by atoms with Gasteiger partial charge in [-0.2, -0.15) is 0 Å². The van der Waals surface area contributed by atoms with Gasteiger partial charge in [0.25, 0.3) is 0 Å². The molecule has 0 nitrogen and oxygen atoms in total. The predicted molar refractivity (Wildman–Crippen MR) is 71.3 cm³/mol. The minimum Gasteiger partial charge on any atom is -0.139 e. The highest BCUT2D eigenvalue weighted by molar-refractivity contribution is 7.27. The highest BCUT2D eigenvalue weighted by Crippen LogP contribution is 2.37. The second kappa shape index (κ2) is 3.32. The van der Waals surface area contributed by atoms with Crippen LogP contribution < -0.4 is 0 Å². The smallest absolute Gasteiger partial charge is 0.0524 e. The number of benzene rings is 1. The summed E-state index contributed by atoms with van der Waals surface area (Å²) in [5, 5.41) is 2.81. The molecule has 0 N–H and O–H groups in total. The molecule has 0 aliphatic carbocycles. The molecule has 0 aliphatic rings. The van der Waals surface area contributed by atoms with Crippen molar-refractivity contribution in [3.63, 3.8) is 0 Å². The lowest BCUT2D eigenvalue weighted by Gasteiger charge is -1.90. The van der Waals surface area contributed by atoms with Crippen molar-refractivity contribution >= 4 is 42.8 Å². The first kappa shape index (κ1) is 9.37. The Morgan fingerprint density at radius 1 is 1.00 bits per heavy atom. The fraction of sp³-hybridized carbons (Fsp3) is 0.231. The summed E-state index contributed by atoms with van der Waals surface area (Å²) in [4.78, 5) is 2.90. The van der Waals surface area contributed by atoms with Gasteiger partial charge in [0.05, 0.1) is 9.40 Å². The molecule has 0 saturated heterocycles. The zero-order valence-electron chi connectivity index (χ0n) is 8.83. The van der Waals surface area contributed by atoms with E-state index in [2.05, 4.69) is 38.1 Å². The molecule has 2 aromatic heterocycles. The zero-order valence-corrected chi connectivity index (χ0v) is 10.5.